The van der Waals surface area contributed by atoms with E-state index < -0.39 is 0 Å². The minimum absolute atomic E-state index is 0.334. The maximum absolute atomic E-state index is 3.78. The molecule has 1 aliphatic heterocycles. The summed E-state index contributed by atoms with van der Waals surface area (Å²) in [6, 6.07) is 0. The van der Waals surface area contributed by atoms with Gasteiger partial charge in [0, 0.05) is 18.6 Å². The minimum atomic E-state index is 0.334. The molecule has 102 valence electrons. The van der Waals surface area contributed by atoms with Crippen LogP contribution in [0.1, 0.15) is 44.2 Å². The lowest BCUT2D eigenvalue weighted by Gasteiger charge is -2.35. The van der Waals surface area contributed by atoms with Crippen LogP contribution in [0.25, 0.3) is 0 Å². The summed E-state index contributed by atoms with van der Waals surface area (Å²) in [5.41, 5.74) is 3.30. The molecule has 1 aliphatic rings. The second kappa shape index (κ2) is 6.18. The number of thiophene rings is 1. The topological polar surface area (TPSA) is 15.3 Å². The average Bonchev–Trinajstić information content (AvgIpc) is 2.67. The van der Waals surface area contributed by atoms with E-state index >= 15 is 0 Å². The fourth-order valence-corrected chi connectivity index (χ4v) is 3.72. The lowest BCUT2D eigenvalue weighted by Crippen LogP contribution is -2.50. The normalized spacial score (nSPS) is 20.8. The van der Waals surface area contributed by atoms with E-state index in [0.29, 0.717) is 5.54 Å². The molecular formula is C15H26N2S. The van der Waals surface area contributed by atoms with Crippen LogP contribution in [0.3, 0.4) is 0 Å². The van der Waals surface area contributed by atoms with Crippen molar-refractivity contribution in [3.63, 3.8) is 0 Å². The predicted molar refractivity (Wildman–Crippen MR) is 80.3 cm³/mol. The quantitative estimate of drug-likeness (QED) is 0.898. The molecule has 0 unspecified atom stereocenters. The molecule has 3 heteroatoms. The van der Waals surface area contributed by atoms with Gasteiger partial charge in [0.15, 0.2) is 0 Å². The van der Waals surface area contributed by atoms with Crippen LogP contribution < -0.4 is 5.32 Å². The molecule has 1 aromatic rings. The van der Waals surface area contributed by atoms with Gasteiger partial charge < -0.3 is 5.32 Å². The zero-order chi connectivity index (χ0) is 13.0. The molecule has 0 saturated carbocycles. The average molecular weight is 266 g/mol. The molecule has 2 nitrogen and oxygen atoms in total. The first kappa shape index (κ1) is 14.0. The summed E-state index contributed by atoms with van der Waals surface area (Å²) < 4.78 is 0. The molecule has 2 heterocycles. The van der Waals surface area contributed by atoms with Crippen LogP contribution in [0.15, 0.2) is 10.8 Å². The highest BCUT2D eigenvalue weighted by atomic mass is 32.1. The summed E-state index contributed by atoms with van der Waals surface area (Å²) in [6.07, 6.45) is 3.72. The third-order valence-corrected chi connectivity index (χ3v) is 5.30. The van der Waals surface area contributed by atoms with Gasteiger partial charge in [-0.05, 0) is 61.2 Å². The molecule has 0 bridgehead atoms. The minimum Gasteiger partial charge on any atom is -0.310 e. The number of hydrogen-bond donors (Lipinski definition) is 1. The standard InChI is InChI=1S/C15H26N2S/c1-4-15(5-2)12-17(8-6-7-16-15)9-14-11-18-10-13(14)3/h10-11,16H,4-9,12H2,1-3H3. The Labute approximate surface area is 115 Å². The molecule has 0 radical (unpaired) electrons. The second-order valence-corrected chi connectivity index (χ2v) is 6.30. The molecule has 0 aliphatic carbocycles. The highest BCUT2D eigenvalue weighted by Crippen LogP contribution is 2.23. The van der Waals surface area contributed by atoms with E-state index in [-0.39, 0.29) is 0 Å². The van der Waals surface area contributed by atoms with Gasteiger partial charge in [0.25, 0.3) is 0 Å². The van der Waals surface area contributed by atoms with Crippen molar-refractivity contribution in [1.82, 2.24) is 10.2 Å². The van der Waals surface area contributed by atoms with Gasteiger partial charge in [-0.15, -0.1) is 0 Å². The van der Waals surface area contributed by atoms with E-state index in [9.17, 15) is 0 Å². The Morgan fingerprint density at radius 3 is 2.72 bits per heavy atom. The van der Waals surface area contributed by atoms with Gasteiger partial charge in [-0.1, -0.05) is 13.8 Å². The molecule has 0 spiro atoms. The number of hydrogen-bond acceptors (Lipinski definition) is 3. The number of nitrogens with zero attached hydrogens (tertiary/aromatic N) is 1. The Kier molecular flexibility index (Phi) is 4.82. The van der Waals surface area contributed by atoms with Gasteiger partial charge >= 0.3 is 0 Å². The van der Waals surface area contributed by atoms with Gasteiger partial charge in [-0.3, -0.25) is 4.90 Å². The van der Waals surface area contributed by atoms with Gasteiger partial charge in [0.1, 0.15) is 0 Å². The number of rotatable bonds is 4. The first-order chi connectivity index (χ1) is 8.69. The fraction of sp³-hybridized carbons (Fsp3) is 0.733. The highest BCUT2D eigenvalue weighted by Gasteiger charge is 2.30. The van der Waals surface area contributed by atoms with Crippen LogP contribution in [0, 0.1) is 6.92 Å². The summed E-state index contributed by atoms with van der Waals surface area (Å²) in [5.74, 6) is 0. The number of aryl methyl sites for hydroxylation is 1. The van der Waals surface area contributed by atoms with E-state index in [2.05, 4.69) is 41.7 Å². The Morgan fingerprint density at radius 2 is 2.11 bits per heavy atom. The first-order valence-electron chi connectivity index (χ1n) is 7.18. The Bertz CT molecular complexity index is 368. The molecule has 2 rings (SSSR count). The van der Waals surface area contributed by atoms with Crippen LogP contribution in [0.5, 0.6) is 0 Å². The van der Waals surface area contributed by atoms with Crippen molar-refractivity contribution in [2.24, 2.45) is 0 Å². The maximum Gasteiger partial charge on any atom is 0.0303 e. The second-order valence-electron chi connectivity index (χ2n) is 5.56. The molecular weight excluding hydrogens is 240 g/mol. The smallest absolute Gasteiger partial charge is 0.0303 e. The van der Waals surface area contributed by atoms with Gasteiger partial charge in [-0.25, -0.2) is 0 Å². The summed E-state index contributed by atoms with van der Waals surface area (Å²) in [7, 11) is 0. The lowest BCUT2D eigenvalue weighted by atomic mass is 9.92. The largest absolute Gasteiger partial charge is 0.310 e. The predicted octanol–water partition coefficient (Wildman–Crippen LogP) is 3.41. The third kappa shape index (κ3) is 3.14. The van der Waals surface area contributed by atoms with E-state index in [0.717, 1.165) is 6.54 Å². The summed E-state index contributed by atoms with van der Waals surface area (Å²) in [5, 5.41) is 8.35. The van der Waals surface area contributed by atoms with Crippen molar-refractivity contribution >= 4 is 11.3 Å². The van der Waals surface area contributed by atoms with Crippen LogP contribution in [-0.2, 0) is 6.54 Å². The van der Waals surface area contributed by atoms with E-state index in [1.165, 1.54) is 50.0 Å². The molecule has 18 heavy (non-hydrogen) atoms. The van der Waals surface area contributed by atoms with Crippen LogP contribution in [-0.4, -0.2) is 30.1 Å². The molecule has 1 saturated heterocycles. The summed E-state index contributed by atoms with van der Waals surface area (Å²) in [6.45, 7) is 11.6. The van der Waals surface area contributed by atoms with Crippen molar-refractivity contribution in [2.75, 3.05) is 19.6 Å². The molecule has 1 aromatic heterocycles. The van der Waals surface area contributed by atoms with E-state index in [4.69, 9.17) is 0 Å². The molecule has 0 aromatic carbocycles. The molecule has 0 amide bonds. The molecule has 1 N–H and O–H groups in total. The lowest BCUT2D eigenvalue weighted by molar-refractivity contribution is 0.191. The van der Waals surface area contributed by atoms with Crippen LogP contribution in [0.2, 0.25) is 0 Å². The van der Waals surface area contributed by atoms with Crippen molar-refractivity contribution in [1.29, 1.82) is 0 Å². The number of nitrogens with one attached hydrogen (secondary N) is 1. The van der Waals surface area contributed by atoms with Gasteiger partial charge in [0.2, 0.25) is 0 Å². The maximum atomic E-state index is 3.78. The van der Waals surface area contributed by atoms with Crippen molar-refractivity contribution in [3.8, 4) is 0 Å². The SMILES string of the molecule is CCC1(CC)CN(Cc2cscc2C)CCCN1. The monoisotopic (exact) mass is 266 g/mol. The van der Waals surface area contributed by atoms with Gasteiger partial charge in [-0.2, -0.15) is 11.3 Å². The zero-order valence-corrected chi connectivity index (χ0v) is 12.8. The van der Waals surface area contributed by atoms with E-state index in [1.54, 1.807) is 0 Å². The van der Waals surface area contributed by atoms with Crippen molar-refractivity contribution in [3.05, 3.63) is 21.9 Å². The van der Waals surface area contributed by atoms with Crippen LogP contribution in [0.4, 0.5) is 0 Å². The Balaban J connectivity index is 2.05. The highest BCUT2D eigenvalue weighted by molar-refractivity contribution is 7.08. The van der Waals surface area contributed by atoms with Crippen LogP contribution >= 0.6 is 11.3 Å². The van der Waals surface area contributed by atoms with E-state index in [1.807, 2.05) is 11.3 Å². The Hall–Kier alpha value is -0.380. The zero-order valence-electron chi connectivity index (χ0n) is 12.0. The van der Waals surface area contributed by atoms with Crippen molar-refractivity contribution < 1.29 is 0 Å². The summed E-state index contributed by atoms with van der Waals surface area (Å²) >= 11 is 1.83. The summed E-state index contributed by atoms with van der Waals surface area (Å²) in [4.78, 5) is 2.64. The Morgan fingerprint density at radius 1 is 1.33 bits per heavy atom. The molecule has 0 atom stereocenters. The van der Waals surface area contributed by atoms with Gasteiger partial charge in [0.05, 0.1) is 0 Å². The fourth-order valence-electron chi connectivity index (χ4n) is 2.87. The first-order valence-corrected chi connectivity index (χ1v) is 8.12. The third-order valence-electron chi connectivity index (χ3n) is 4.39. The molecule has 1 fully saturated rings. The van der Waals surface area contributed by atoms with Crippen molar-refractivity contribution in [2.45, 2.75) is 52.1 Å².